The first-order valence-corrected chi connectivity index (χ1v) is 8.65. The highest BCUT2D eigenvalue weighted by Crippen LogP contribution is 2.39. The molecule has 1 heterocycles. The van der Waals surface area contributed by atoms with Crippen molar-refractivity contribution in [1.82, 2.24) is 10.9 Å². The van der Waals surface area contributed by atoms with Crippen LogP contribution in [0.4, 0.5) is 0 Å². The number of nitrogens with one attached hydrogen (secondary N) is 2. The van der Waals surface area contributed by atoms with Gasteiger partial charge in [-0.05, 0) is 29.5 Å². The molecule has 3 N–H and O–H groups in total. The number of phenolic OH excluding ortho intramolecular Hbond substituents is 1. The topological polar surface area (TPSA) is 62.8 Å². The van der Waals surface area contributed by atoms with Crippen LogP contribution in [-0.2, 0) is 0 Å². The molecule has 26 heavy (non-hydrogen) atoms. The minimum Gasteiger partial charge on any atom is -0.507 e. The first kappa shape index (κ1) is 16.7. The van der Waals surface area contributed by atoms with Crippen LogP contribution in [-0.4, -0.2) is 19.3 Å². The lowest BCUT2D eigenvalue weighted by Gasteiger charge is -2.15. The van der Waals surface area contributed by atoms with E-state index < -0.39 is 0 Å². The number of aromatic hydroxyl groups is 1. The van der Waals surface area contributed by atoms with Crippen molar-refractivity contribution < 1.29 is 14.6 Å². The van der Waals surface area contributed by atoms with E-state index in [1.807, 2.05) is 48.5 Å². The third-order valence-electron chi connectivity index (χ3n) is 5.02. The maximum absolute atomic E-state index is 10.7. The van der Waals surface area contributed by atoms with Crippen LogP contribution in [0.1, 0.15) is 29.6 Å². The summed E-state index contributed by atoms with van der Waals surface area (Å²) in [6.07, 6.45) is 0.821. The molecule has 0 saturated carbocycles. The Morgan fingerprint density at radius 3 is 2.46 bits per heavy atom. The summed E-state index contributed by atoms with van der Waals surface area (Å²) < 4.78 is 10.7. The molecular weight excluding hydrogens is 328 g/mol. The molecular formula is C21H22N2O3. The predicted molar refractivity (Wildman–Crippen MR) is 102 cm³/mol. The maximum atomic E-state index is 10.7. The van der Waals surface area contributed by atoms with Gasteiger partial charge in [0.25, 0.3) is 0 Å². The Morgan fingerprint density at radius 1 is 0.885 bits per heavy atom. The van der Waals surface area contributed by atoms with E-state index in [1.54, 1.807) is 14.2 Å². The lowest BCUT2D eigenvalue weighted by molar-refractivity contribution is 0.354. The van der Waals surface area contributed by atoms with Gasteiger partial charge < -0.3 is 14.6 Å². The number of hydrazine groups is 1. The summed E-state index contributed by atoms with van der Waals surface area (Å²) in [5, 5.41) is 12.6. The molecule has 0 aliphatic carbocycles. The average Bonchev–Trinajstić information content (AvgIpc) is 3.18. The number of benzene rings is 3. The molecule has 2 atom stereocenters. The summed E-state index contributed by atoms with van der Waals surface area (Å²) in [6.45, 7) is 0. The fourth-order valence-corrected chi connectivity index (χ4v) is 3.60. The monoisotopic (exact) mass is 350 g/mol. The van der Waals surface area contributed by atoms with Gasteiger partial charge in [0.1, 0.15) is 5.75 Å². The Labute approximate surface area is 152 Å². The number of hydrogen-bond acceptors (Lipinski definition) is 5. The van der Waals surface area contributed by atoms with Crippen molar-refractivity contribution in [1.29, 1.82) is 0 Å². The molecule has 3 aromatic carbocycles. The van der Waals surface area contributed by atoms with Crippen LogP contribution in [0.3, 0.4) is 0 Å². The molecule has 0 bridgehead atoms. The molecule has 0 aromatic heterocycles. The average molecular weight is 350 g/mol. The highest BCUT2D eigenvalue weighted by atomic mass is 16.5. The Morgan fingerprint density at radius 2 is 1.65 bits per heavy atom. The third-order valence-corrected chi connectivity index (χ3v) is 5.02. The van der Waals surface area contributed by atoms with E-state index in [-0.39, 0.29) is 12.1 Å². The molecule has 0 amide bonds. The van der Waals surface area contributed by atoms with Crippen molar-refractivity contribution in [3.63, 3.8) is 0 Å². The molecule has 0 radical (unpaired) electrons. The number of hydrogen-bond donors (Lipinski definition) is 3. The summed E-state index contributed by atoms with van der Waals surface area (Å²) in [6, 6.07) is 18.0. The fraction of sp³-hybridized carbons (Fsp3) is 0.238. The first-order valence-electron chi connectivity index (χ1n) is 8.65. The zero-order chi connectivity index (χ0) is 18.1. The van der Waals surface area contributed by atoms with E-state index in [4.69, 9.17) is 9.47 Å². The van der Waals surface area contributed by atoms with Crippen LogP contribution >= 0.6 is 0 Å². The maximum Gasteiger partial charge on any atom is 0.161 e. The quantitative estimate of drug-likeness (QED) is 0.667. The van der Waals surface area contributed by atoms with Gasteiger partial charge in [-0.3, -0.25) is 0 Å². The largest absolute Gasteiger partial charge is 0.507 e. The standard InChI is InChI=1S/C21H22N2O3/c1-25-19-10-8-14(11-20(19)26-2)17-12-18(23-22-17)16-9-7-13-5-3-4-6-15(13)21(16)24/h3-11,17-18,22-24H,12H2,1-2H3. The van der Waals surface area contributed by atoms with Gasteiger partial charge in [0, 0.05) is 17.0 Å². The SMILES string of the molecule is COc1ccc(C2CC(c3ccc4ccccc4c3O)NN2)cc1OC. The Kier molecular flexibility index (Phi) is 4.41. The van der Waals surface area contributed by atoms with Gasteiger partial charge in [0.2, 0.25) is 0 Å². The van der Waals surface area contributed by atoms with E-state index in [2.05, 4.69) is 16.9 Å². The molecule has 5 nitrogen and oxygen atoms in total. The first-order chi connectivity index (χ1) is 12.7. The van der Waals surface area contributed by atoms with Crippen molar-refractivity contribution in [2.24, 2.45) is 0 Å². The fourth-order valence-electron chi connectivity index (χ4n) is 3.60. The predicted octanol–water partition coefficient (Wildman–Crippen LogP) is 3.84. The zero-order valence-corrected chi connectivity index (χ0v) is 14.8. The van der Waals surface area contributed by atoms with Crippen LogP contribution in [0.2, 0.25) is 0 Å². The number of ether oxygens (including phenoxy) is 2. The van der Waals surface area contributed by atoms with Crippen molar-refractivity contribution >= 4 is 10.8 Å². The van der Waals surface area contributed by atoms with E-state index >= 15 is 0 Å². The van der Waals surface area contributed by atoms with Crippen molar-refractivity contribution in [2.75, 3.05) is 14.2 Å². The second-order valence-corrected chi connectivity index (χ2v) is 6.47. The second-order valence-electron chi connectivity index (χ2n) is 6.47. The minimum absolute atomic E-state index is 0.0257. The molecule has 134 valence electrons. The van der Waals surface area contributed by atoms with E-state index in [0.717, 1.165) is 28.3 Å². The molecule has 2 unspecified atom stereocenters. The second kappa shape index (κ2) is 6.86. The molecule has 1 aliphatic heterocycles. The van der Waals surface area contributed by atoms with Gasteiger partial charge in [-0.15, -0.1) is 0 Å². The Bertz CT molecular complexity index is 942. The molecule has 3 aromatic rings. The highest BCUT2D eigenvalue weighted by molar-refractivity contribution is 5.89. The summed E-state index contributed by atoms with van der Waals surface area (Å²) in [7, 11) is 3.27. The van der Waals surface area contributed by atoms with Gasteiger partial charge >= 0.3 is 0 Å². The molecule has 1 fully saturated rings. The van der Waals surface area contributed by atoms with Crippen LogP contribution in [0.25, 0.3) is 10.8 Å². The van der Waals surface area contributed by atoms with Crippen molar-refractivity contribution in [2.45, 2.75) is 18.5 Å². The third kappa shape index (κ3) is 2.85. The number of phenols is 1. The van der Waals surface area contributed by atoms with E-state index in [0.29, 0.717) is 17.2 Å². The van der Waals surface area contributed by atoms with Crippen LogP contribution in [0.5, 0.6) is 17.2 Å². The summed E-state index contributed by atoms with van der Waals surface area (Å²) in [5.41, 5.74) is 8.65. The summed E-state index contributed by atoms with van der Waals surface area (Å²) in [5.74, 6) is 1.77. The van der Waals surface area contributed by atoms with Gasteiger partial charge in [-0.25, -0.2) is 10.9 Å². The summed E-state index contributed by atoms with van der Waals surface area (Å²) >= 11 is 0. The molecule has 4 rings (SSSR count). The number of rotatable bonds is 4. The minimum atomic E-state index is 0.0257. The highest BCUT2D eigenvalue weighted by Gasteiger charge is 2.29. The van der Waals surface area contributed by atoms with Crippen molar-refractivity contribution in [3.05, 3.63) is 65.7 Å². The van der Waals surface area contributed by atoms with Crippen LogP contribution in [0.15, 0.2) is 54.6 Å². The van der Waals surface area contributed by atoms with Crippen molar-refractivity contribution in [3.8, 4) is 17.2 Å². The number of methoxy groups -OCH3 is 2. The van der Waals surface area contributed by atoms with Gasteiger partial charge in [0.05, 0.1) is 20.3 Å². The summed E-state index contributed by atoms with van der Waals surface area (Å²) in [4.78, 5) is 0. The normalized spacial score (nSPS) is 19.6. The smallest absolute Gasteiger partial charge is 0.161 e. The Hall–Kier alpha value is -2.76. The van der Waals surface area contributed by atoms with Crippen LogP contribution in [0, 0.1) is 0 Å². The zero-order valence-electron chi connectivity index (χ0n) is 14.8. The molecule has 1 saturated heterocycles. The molecule has 0 spiro atoms. The van der Waals surface area contributed by atoms with E-state index in [9.17, 15) is 5.11 Å². The number of fused-ring (bicyclic) bond motifs is 1. The van der Waals surface area contributed by atoms with Gasteiger partial charge in [-0.2, -0.15) is 0 Å². The Balaban J connectivity index is 1.60. The lowest BCUT2D eigenvalue weighted by Crippen LogP contribution is -2.26. The van der Waals surface area contributed by atoms with Gasteiger partial charge in [-0.1, -0.05) is 42.5 Å². The van der Waals surface area contributed by atoms with E-state index in [1.165, 1.54) is 0 Å². The van der Waals surface area contributed by atoms with Gasteiger partial charge in [0.15, 0.2) is 11.5 Å². The lowest BCUT2D eigenvalue weighted by atomic mass is 9.95. The molecule has 1 aliphatic rings. The molecule has 5 heteroatoms. The van der Waals surface area contributed by atoms with Crippen LogP contribution < -0.4 is 20.3 Å².